The molecule has 0 aliphatic rings. The maximum Gasteiger partial charge on any atom is 0.186 e. The van der Waals surface area contributed by atoms with Gasteiger partial charge in [0.1, 0.15) is 5.15 Å². The second-order valence-electron chi connectivity index (χ2n) is 4.04. The van der Waals surface area contributed by atoms with Crippen LogP contribution in [0.15, 0.2) is 5.38 Å². The van der Waals surface area contributed by atoms with E-state index < -0.39 is 0 Å². The average molecular weight is 233 g/mol. The maximum absolute atomic E-state index is 5.79. The van der Waals surface area contributed by atoms with Crippen molar-refractivity contribution in [1.82, 2.24) is 4.98 Å². The van der Waals surface area contributed by atoms with Gasteiger partial charge in [-0.15, -0.1) is 11.3 Å². The summed E-state index contributed by atoms with van der Waals surface area (Å²) in [6.07, 6.45) is 1.17. The van der Waals surface area contributed by atoms with Gasteiger partial charge in [-0.1, -0.05) is 25.4 Å². The van der Waals surface area contributed by atoms with E-state index in [1.54, 1.807) is 11.3 Å². The number of aromatic nitrogens is 1. The van der Waals surface area contributed by atoms with Crippen molar-refractivity contribution in [3.8, 4) is 0 Å². The van der Waals surface area contributed by atoms with E-state index in [1.165, 1.54) is 6.42 Å². The van der Waals surface area contributed by atoms with Crippen molar-refractivity contribution in [2.45, 2.75) is 33.2 Å². The number of hydrogen-bond acceptors (Lipinski definition) is 3. The fraction of sp³-hybridized carbons (Fsp3) is 0.700. The summed E-state index contributed by atoms with van der Waals surface area (Å²) >= 11 is 7.38. The van der Waals surface area contributed by atoms with Gasteiger partial charge in [0.2, 0.25) is 0 Å². The van der Waals surface area contributed by atoms with Crippen LogP contribution in [-0.4, -0.2) is 18.1 Å². The van der Waals surface area contributed by atoms with Crippen molar-refractivity contribution in [3.05, 3.63) is 10.5 Å². The first kappa shape index (κ1) is 11.8. The third-order valence-corrected chi connectivity index (χ3v) is 3.49. The van der Waals surface area contributed by atoms with Crippen LogP contribution in [0.25, 0.3) is 0 Å². The highest BCUT2D eigenvalue weighted by Gasteiger charge is 2.14. The van der Waals surface area contributed by atoms with Crippen LogP contribution < -0.4 is 4.90 Å². The number of thiazole rings is 1. The Labute approximate surface area is 94.9 Å². The van der Waals surface area contributed by atoms with E-state index in [2.05, 4.69) is 37.7 Å². The lowest BCUT2D eigenvalue weighted by molar-refractivity contribution is 0.504. The molecule has 80 valence electrons. The molecule has 0 saturated heterocycles. The predicted molar refractivity (Wildman–Crippen MR) is 64.4 cm³/mol. The molecule has 0 spiro atoms. The van der Waals surface area contributed by atoms with Gasteiger partial charge in [0, 0.05) is 18.5 Å². The fourth-order valence-electron chi connectivity index (χ4n) is 1.44. The molecule has 0 saturated carbocycles. The molecule has 14 heavy (non-hydrogen) atoms. The summed E-state index contributed by atoms with van der Waals surface area (Å²) in [4.78, 5) is 6.44. The van der Waals surface area contributed by atoms with Crippen LogP contribution in [0.5, 0.6) is 0 Å². The highest BCUT2D eigenvalue weighted by molar-refractivity contribution is 7.14. The summed E-state index contributed by atoms with van der Waals surface area (Å²) < 4.78 is 0. The van der Waals surface area contributed by atoms with Crippen molar-refractivity contribution in [2.75, 3.05) is 11.9 Å². The molecule has 1 unspecified atom stereocenters. The normalized spacial score (nSPS) is 13.3. The summed E-state index contributed by atoms with van der Waals surface area (Å²) in [5.41, 5.74) is 0. The van der Waals surface area contributed by atoms with Crippen LogP contribution in [0.2, 0.25) is 5.15 Å². The molecule has 0 amide bonds. The van der Waals surface area contributed by atoms with Gasteiger partial charge in [0.15, 0.2) is 5.13 Å². The van der Waals surface area contributed by atoms with Crippen LogP contribution >= 0.6 is 22.9 Å². The van der Waals surface area contributed by atoms with Gasteiger partial charge >= 0.3 is 0 Å². The largest absolute Gasteiger partial charge is 0.348 e. The van der Waals surface area contributed by atoms with Gasteiger partial charge in [0.05, 0.1) is 0 Å². The predicted octanol–water partition coefficient (Wildman–Crippen LogP) is 3.67. The maximum atomic E-state index is 5.79. The molecule has 4 heteroatoms. The first-order valence-electron chi connectivity index (χ1n) is 4.84. The van der Waals surface area contributed by atoms with Crippen LogP contribution in [0, 0.1) is 5.92 Å². The third-order valence-electron chi connectivity index (χ3n) is 2.24. The Morgan fingerprint density at radius 3 is 2.57 bits per heavy atom. The summed E-state index contributed by atoms with van der Waals surface area (Å²) in [6.45, 7) is 6.69. The zero-order valence-electron chi connectivity index (χ0n) is 9.12. The smallest absolute Gasteiger partial charge is 0.186 e. The Hall–Kier alpha value is -0.280. The molecule has 0 aromatic carbocycles. The summed E-state index contributed by atoms with van der Waals surface area (Å²) in [5.74, 6) is 0.711. The lowest BCUT2D eigenvalue weighted by Gasteiger charge is -2.25. The molecule has 0 bridgehead atoms. The Morgan fingerprint density at radius 1 is 1.50 bits per heavy atom. The Morgan fingerprint density at radius 2 is 2.14 bits per heavy atom. The van der Waals surface area contributed by atoms with E-state index in [1.807, 2.05) is 5.38 Å². The quantitative estimate of drug-likeness (QED) is 0.788. The van der Waals surface area contributed by atoms with E-state index >= 15 is 0 Å². The monoisotopic (exact) mass is 232 g/mol. The Bertz CT molecular complexity index is 285. The summed E-state index contributed by atoms with van der Waals surface area (Å²) in [7, 11) is 2.07. The molecule has 0 radical (unpaired) electrons. The van der Waals surface area contributed by atoms with E-state index in [0.717, 1.165) is 5.13 Å². The Balaban J connectivity index is 2.60. The SMILES string of the molecule is CC(C)CC(C)N(C)c1nc(Cl)cs1. The topological polar surface area (TPSA) is 16.1 Å². The summed E-state index contributed by atoms with van der Waals surface area (Å²) in [5, 5.41) is 3.46. The van der Waals surface area contributed by atoms with Crippen molar-refractivity contribution >= 4 is 28.1 Å². The average Bonchev–Trinajstić information content (AvgIpc) is 2.49. The fourth-order valence-corrected chi connectivity index (χ4v) is 2.45. The van der Waals surface area contributed by atoms with E-state index in [4.69, 9.17) is 11.6 Å². The van der Waals surface area contributed by atoms with Gasteiger partial charge in [-0.05, 0) is 19.3 Å². The van der Waals surface area contributed by atoms with E-state index in [0.29, 0.717) is 17.1 Å². The lowest BCUT2D eigenvalue weighted by atomic mass is 10.0. The number of halogens is 1. The Kier molecular flexibility index (Phi) is 4.20. The molecule has 2 nitrogen and oxygen atoms in total. The van der Waals surface area contributed by atoms with Gasteiger partial charge in [-0.25, -0.2) is 4.98 Å². The van der Waals surface area contributed by atoms with E-state index in [9.17, 15) is 0 Å². The van der Waals surface area contributed by atoms with Gasteiger partial charge in [0.25, 0.3) is 0 Å². The second kappa shape index (κ2) is 4.99. The number of nitrogens with zero attached hydrogens (tertiary/aromatic N) is 2. The molecule has 0 aliphatic carbocycles. The minimum atomic E-state index is 0.511. The molecule has 1 atom stereocenters. The minimum absolute atomic E-state index is 0.511. The van der Waals surface area contributed by atoms with Gasteiger partial charge < -0.3 is 4.90 Å². The van der Waals surface area contributed by atoms with Crippen molar-refractivity contribution < 1.29 is 0 Å². The first-order chi connectivity index (χ1) is 6.50. The number of anilines is 1. The van der Waals surface area contributed by atoms with Crippen LogP contribution in [0.3, 0.4) is 0 Å². The summed E-state index contributed by atoms with van der Waals surface area (Å²) in [6, 6.07) is 0.511. The van der Waals surface area contributed by atoms with Crippen LogP contribution in [0.4, 0.5) is 5.13 Å². The molecule has 0 aliphatic heterocycles. The first-order valence-corrected chi connectivity index (χ1v) is 6.10. The van der Waals surface area contributed by atoms with Crippen LogP contribution in [-0.2, 0) is 0 Å². The zero-order chi connectivity index (χ0) is 10.7. The van der Waals surface area contributed by atoms with Crippen LogP contribution in [0.1, 0.15) is 27.2 Å². The number of rotatable bonds is 4. The molecular formula is C10H17ClN2S. The second-order valence-corrected chi connectivity index (χ2v) is 5.27. The highest BCUT2D eigenvalue weighted by atomic mass is 35.5. The van der Waals surface area contributed by atoms with Crippen molar-refractivity contribution in [3.63, 3.8) is 0 Å². The molecule has 1 aromatic rings. The highest BCUT2D eigenvalue weighted by Crippen LogP contribution is 2.25. The molecule has 1 heterocycles. The third kappa shape index (κ3) is 3.14. The van der Waals surface area contributed by atoms with Crippen molar-refractivity contribution in [2.24, 2.45) is 5.92 Å². The number of hydrogen-bond donors (Lipinski definition) is 0. The standard InChI is InChI=1S/C10H17ClN2S/c1-7(2)5-8(3)13(4)10-12-9(11)6-14-10/h6-8H,5H2,1-4H3. The zero-order valence-corrected chi connectivity index (χ0v) is 10.7. The van der Waals surface area contributed by atoms with Gasteiger partial charge in [-0.3, -0.25) is 0 Å². The molecule has 0 N–H and O–H groups in total. The lowest BCUT2D eigenvalue weighted by Crippen LogP contribution is -2.29. The van der Waals surface area contributed by atoms with Gasteiger partial charge in [-0.2, -0.15) is 0 Å². The molecule has 1 rings (SSSR count). The molecule has 1 aromatic heterocycles. The molecular weight excluding hydrogens is 216 g/mol. The van der Waals surface area contributed by atoms with E-state index in [-0.39, 0.29) is 0 Å². The minimum Gasteiger partial charge on any atom is -0.348 e. The molecule has 0 fully saturated rings. The van der Waals surface area contributed by atoms with Crippen molar-refractivity contribution in [1.29, 1.82) is 0 Å².